The molecule has 0 radical (unpaired) electrons. The van der Waals surface area contributed by atoms with E-state index in [4.69, 9.17) is 21.1 Å². The van der Waals surface area contributed by atoms with Crippen molar-refractivity contribution in [3.05, 3.63) is 35.4 Å². The van der Waals surface area contributed by atoms with E-state index >= 15 is 0 Å². The lowest BCUT2D eigenvalue weighted by atomic mass is 10.1. The normalized spacial score (nSPS) is 16.4. The van der Waals surface area contributed by atoms with Crippen LogP contribution >= 0.6 is 11.6 Å². The molecule has 2 heterocycles. The summed E-state index contributed by atoms with van der Waals surface area (Å²) in [5.41, 5.74) is 0.535. The van der Waals surface area contributed by atoms with Crippen LogP contribution in [-0.4, -0.2) is 61.5 Å². The van der Waals surface area contributed by atoms with E-state index in [0.29, 0.717) is 35.4 Å². The third-order valence-corrected chi connectivity index (χ3v) is 4.68. The summed E-state index contributed by atoms with van der Waals surface area (Å²) < 4.78 is 11.2. The van der Waals surface area contributed by atoms with Crippen LogP contribution in [0.1, 0.15) is 12.8 Å². The number of carbonyl (C=O) groups excluding carboxylic acids is 1. The number of rotatable bonds is 5. The topological polar surface area (TPSA) is 79.8 Å². The van der Waals surface area contributed by atoms with Gasteiger partial charge in [0.05, 0.1) is 19.3 Å². The summed E-state index contributed by atoms with van der Waals surface area (Å²) in [6, 6.07) is 8.51. The number of methoxy groups -OCH3 is 1. The van der Waals surface area contributed by atoms with Crippen LogP contribution in [0.3, 0.4) is 0 Å². The predicted molar refractivity (Wildman–Crippen MR) is 109 cm³/mol. The molecule has 1 aliphatic rings. The quantitative estimate of drug-likeness (QED) is 0.822. The van der Waals surface area contributed by atoms with Gasteiger partial charge in [0.15, 0.2) is 5.82 Å². The van der Waals surface area contributed by atoms with Crippen LogP contribution in [0, 0.1) is 0 Å². The fraction of sp³-hybridized carbons (Fsp3) is 0.421. The molecule has 3 rings (SSSR count). The number of carbonyl (C=O) groups is 1. The Labute approximate surface area is 169 Å². The number of piperidine rings is 1. The minimum absolute atomic E-state index is 0.139. The second-order valence-electron chi connectivity index (χ2n) is 6.73. The summed E-state index contributed by atoms with van der Waals surface area (Å²) in [6.07, 6.45) is 1.55. The molecule has 1 fully saturated rings. The Balaban J connectivity index is 1.61. The molecule has 1 unspecified atom stereocenters. The first kappa shape index (κ1) is 20.0. The fourth-order valence-electron chi connectivity index (χ4n) is 2.98. The first-order valence-electron chi connectivity index (χ1n) is 9.03. The number of aromatic nitrogens is 2. The SMILES string of the molecule is COc1ccc(Cl)cc1NC(=O)N1CCCC(Oc2ccc(N(C)C)nn2)C1. The van der Waals surface area contributed by atoms with Gasteiger partial charge in [-0.3, -0.25) is 0 Å². The minimum Gasteiger partial charge on any atom is -0.495 e. The van der Waals surface area contributed by atoms with Crippen molar-refractivity contribution in [2.75, 3.05) is 44.5 Å². The number of halogens is 1. The number of likely N-dealkylation sites (tertiary alicyclic amines) is 1. The van der Waals surface area contributed by atoms with E-state index in [0.717, 1.165) is 18.7 Å². The highest BCUT2D eigenvalue weighted by Crippen LogP contribution is 2.28. The zero-order valence-electron chi connectivity index (χ0n) is 16.2. The van der Waals surface area contributed by atoms with Crippen molar-refractivity contribution in [2.45, 2.75) is 18.9 Å². The van der Waals surface area contributed by atoms with Crippen molar-refractivity contribution in [2.24, 2.45) is 0 Å². The molecule has 1 aromatic heterocycles. The van der Waals surface area contributed by atoms with Crippen LogP contribution in [0.5, 0.6) is 11.6 Å². The number of nitrogens with zero attached hydrogens (tertiary/aromatic N) is 4. The second kappa shape index (κ2) is 8.97. The summed E-state index contributed by atoms with van der Waals surface area (Å²) in [6.45, 7) is 1.12. The Kier molecular flexibility index (Phi) is 6.41. The van der Waals surface area contributed by atoms with Crippen LogP contribution < -0.4 is 19.7 Å². The molecular weight excluding hydrogens is 382 g/mol. The summed E-state index contributed by atoms with van der Waals surface area (Å²) in [7, 11) is 5.35. The van der Waals surface area contributed by atoms with Gasteiger partial charge in [-0.1, -0.05) is 11.6 Å². The Morgan fingerprint density at radius 3 is 2.79 bits per heavy atom. The number of amides is 2. The smallest absolute Gasteiger partial charge is 0.322 e. The van der Waals surface area contributed by atoms with Gasteiger partial charge in [-0.25, -0.2) is 4.79 Å². The number of anilines is 2. The molecule has 0 bridgehead atoms. The number of hydrogen-bond donors (Lipinski definition) is 1. The molecule has 1 saturated heterocycles. The lowest BCUT2D eigenvalue weighted by Gasteiger charge is -2.32. The molecule has 1 atom stereocenters. The highest BCUT2D eigenvalue weighted by molar-refractivity contribution is 6.31. The molecule has 1 aromatic carbocycles. The standard InChI is InChI=1S/C19H24ClN5O3/c1-24(2)17-8-9-18(23-22-17)28-14-5-4-10-25(12-14)19(26)21-15-11-13(20)6-7-16(15)27-3/h6-9,11,14H,4-5,10,12H2,1-3H3,(H,21,26). The van der Waals surface area contributed by atoms with Gasteiger partial charge in [0.2, 0.25) is 5.88 Å². The van der Waals surface area contributed by atoms with Crippen LogP contribution in [0.15, 0.2) is 30.3 Å². The van der Waals surface area contributed by atoms with Crippen molar-refractivity contribution in [1.82, 2.24) is 15.1 Å². The minimum atomic E-state index is -0.220. The first-order chi connectivity index (χ1) is 13.5. The number of nitrogens with one attached hydrogen (secondary N) is 1. The van der Waals surface area contributed by atoms with Crippen molar-refractivity contribution < 1.29 is 14.3 Å². The molecule has 1 aliphatic heterocycles. The Bertz CT molecular complexity index is 816. The van der Waals surface area contributed by atoms with Crippen LogP contribution in [-0.2, 0) is 0 Å². The molecule has 1 N–H and O–H groups in total. The van der Waals surface area contributed by atoms with Crippen molar-refractivity contribution in [3.8, 4) is 11.6 Å². The monoisotopic (exact) mass is 405 g/mol. The van der Waals surface area contributed by atoms with Gasteiger partial charge in [-0.15, -0.1) is 10.2 Å². The molecular formula is C19H24ClN5O3. The van der Waals surface area contributed by atoms with Gasteiger partial charge in [0, 0.05) is 31.7 Å². The van der Waals surface area contributed by atoms with Gasteiger partial charge in [0.1, 0.15) is 11.9 Å². The Morgan fingerprint density at radius 1 is 1.29 bits per heavy atom. The third-order valence-electron chi connectivity index (χ3n) is 4.44. The third kappa shape index (κ3) is 4.95. The van der Waals surface area contributed by atoms with Crippen LogP contribution in [0.2, 0.25) is 5.02 Å². The zero-order valence-corrected chi connectivity index (χ0v) is 16.9. The van der Waals surface area contributed by atoms with Crippen molar-refractivity contribution >= 4 is 29.1 Å². The molecule has 0 saturated carbocycles. The molecule has 28 heavy (non-hydrogen) atoms. The maximum Gasteiger partial charge on any atom is 0.322 e. The largest absolute Gasteiger partial charge is 0.495 e. The van der Waals surface area contributed by atoms with Gasteiger partial charge < -0.3 is 24.6 Å². The van der Waals surface area contributed by atoms with E-state index in [1.807, 2.05) is 25.1 Å². The van der Waals surface area contributed by atoms with Crippen LogP contribution in [0.25, 0.3) is 0 Å². The van der Waals surface area contributed by atoms with Gasteiger partial charge in [0.25, 0.3) is 0 Å². The maximum atomic E-state index is 12.7. The van der Waals surface area contributed by atoms with E-state index in [2.05, 4.69) is 15.5 Å². The predicted octanol–water partition coefficient (Wildman–Crippen LogP) is 3.28. The van der Waals surface area contributed by atoms with Gasteiger partial charge >= 0.3 is 6.03 Å². The van der Waals surface area contributed by atoms with E-state index in [9.17, 15) is 4.79 Å². The van der Waals surface area contributed by atoms with E-state index in [-0.39, 0.29) is 12.1 Å². The highest BCUT2D eigenvalue weighted by Gasteiger charge is 2.26. The number of benzene rings is 1. The summed E-state index contributed by atoms with van der Waals surface area (Å²) in [5.74, 6) is 1.76. The molecule has 0 aliphatic carbocycles. The van der Waals surface area contributed by atoms with Gasteiger partial charge in [-0.2, -0.15) is 0 Å². The van der Waals surface area contributed by atoms with E-state index in [1.165, 1.54) is 0 Å². The Morgan fingerprint density at radius 2 is 2.11 bits per heavy atom. The first-order valence-corrected chi connectivity index (χ1v) is 9.41. The average Bonchev–Trinajstić information content (AvgIpc) is 2.69. The number of hydrogen-bond acceptors (Lipinski definition) is 6. The van der Waals surface area contributed by atoms with Crippen molar-refractivity contribution in [1.29, 1.82) is 0 Å². The average molecular weight is 406 g/mol. The Hall–Kier alpha value is -2.74. The van der Waals surface area contributed by atoms with E-state index < -0.39 is 0 Å². The summed E-state index contributed by atoms with van der Waals surface area (Å²) >= 11 is 6.03. The molecule has 2 aromatic rings. The molecule has 0 spiro atoms. The number of urea groups is 1. The van der Waals surface area contributed by atoms with Crippen LogP contribution in [0.4, 0.5) is 16.3 Å². The van der Waals surface area contributed by atoms with Gasteiger partial charge in [-0.05, 0) is 37.1 Å². The number of ether oxygens (including phenoxy) is 2. The molecule has 9 heteroatoms. The molecule has 150 valence electrons. The second-order valence-corrected chi connectivity index (χ2v) is 7.16. The van der Waals surface area contributed by atoms with Crippen molar-refractivity contribution in [3.63, 3.8) is 0 Å². The fourth-order valence-corrected chi connectivity index (χ4v) is 3.15. The summed E-state index contributed by atoms with van der Waals surface area (Å²) in [4.78, 5) is 16.3. The molecule has 8 nitrogen and oxygen atoms in total. The maximum absolute atomic E-state index is 12.7. The summed E-state index contributed by atoms with van der Waals surface area (Å²) in [5, 5.41) is 11.6. The van der Waals surface area contributed by atoms with E-state index in [1.54, 1.807) is 36.3 Å². The molecule has 2 amide bonds. The zero-order chi connectivity index (χ0) is 20.1. The lowest BCUT2D eigenvalue weighted by Crippen LogP contribution is -2.46. The lowest BCUT2D eigenvalue weighted by molar-refractivity contribution is 0.102. The highest BCUT2D eigenvalue weighted by atomic mass is 35.5.